The van der Waals surface area contributed by atoms with Crippen molar-refractivity contribution in [1.29, 1.82) is 0 Å². The standard InChI is InChI=1S/C20H20ClF3N2O3S/c1-2-12-26(14-19(27)25-11-10-15-6-4-3-5-7-15)30(28,29)16-8-9-18(21)17(13-16)20(22,23)24/h2-9,13H,1,10-12,14H2,(H,25,27). The fraction of sp³-hybridized carbons (Fsp3) is 0.250. The number of nitrogens with zero attached hydrogens (tertiary/aromatic N) is 1. The molecule has 0 heterocycles. The molecule has 2 aromatic rings. The molecule has 30 heavy (non-hydrogen) atoms. The second-order valence-corrected chi connectivity index (χ2v) is 8.66. The molecule has 0 aliphatic carbocycles. The first-order chi connectivity index (χ1) is 14.1. The van der Waals surface area contributed by atoms with Crippen LogP contribution in [0.5, 0.6) is 0 Å². The summed E-state index contributed by atoms with van der Waals surface area (Å²) in [4.78, 5) is 11.6. The van der Waals surface area contributed by atoms with Gasteiger partial charge >= 0.3 is 6.18 Å². The van der Waals surface area contributed by atoms with E-state index in [9.17, 15) is 26.4 Å². The minimum atomic E-state index is -4.82. The molecule has 1 amide bonds. The van der Waals surface area contributed by atoms with Gasteiger partial charge in [0.15, 0.2) is 0 Å². The molecule has 0 bridgehead atoms. The molecule has 0 spiro atoms. The van der Waals surface area contributed by atoms with Gasteiger partial charge in [0.25, 0.3) is 0 Å². The molecule has 0 radical (unpaired) electrons. The Labute approximate surface area is 178 Å². The highest BCUT2D eigenvalue weighted by Gasteiger charge is 2.35. The zero-order chi connectivity index (χ0) is 22.4. The van der Waals surface area contributed by atoms with E-state index >= 15 is 0 Å². The molecule has 0 aromatic heterocycles. The largest absolute Gasteiger partial charge is 0.417 e. The average Bonchev–Trinajstić information content (AvgIpc) is 2.67. The Kier molecular flexibility index (Phi) is 8.05. The van der Waals surface area contributed by atoms with Gasteiger partial charge in [-0.2, -0.15) is 17.5 Å². The Hall–Kier alpha value is -2.36. The Bertz CT molecular complexity index is 996. The maximum Gasteiger partial charge on any atom is 0.417 e. The molecular weight excluding hydrogens is 441 g/mol. The SMILES string of the molecule is C=CCN(CC(=O)NCCc1ccccc1)S(=O)(=O)c1ccc(Cl)c(C(F)(F)F)c1. The molecule has 0 saturated heterocycles. The third-order valence-corrected chi connectivity index (χ3v) is 6.25. The van der Waals surface area contributed by atoms with Gasteiger partial charge in [0.2, 0.25) is 15.9 Å². The molecule has 0 unspecified atom stereocenters. The van der Waals surface area contributed by atoms with E-state index in [1.165, 1.54) is 6.08 Å². The highest BCUT2D eigenvalue weighted by Crippen LogP contribution is 2.36. The summed E-state index contributed by atoms with van der Waals surface area (Å²) in [7, 11) is -4.39. The molecular formula is C20H20ClF3N2O3S. The van der Waals surface area contributed by atoms with Crippen LogP contribution in [-0.4, -0.2) is 38.3 Å². The van der Waals surface area contributed by atoms with Gasteiger partial charge in [-0.1, -0.05) is 48.0 Å². The number of benzene rings is 2. The number of halogens is 4. The van der Waals surface area contributed by atoms with Crippen LogP contribution in [0, 0.1) is 0 Å². The second-order valence-electron chi connectivity index (χ2n) is 6.31. The number of sulfonamides is 1. The Morgan fingerprint density at radius 2 is 1.83 bits per heavy atom. The zero-order valence-electron chi connectivity index (χ0n) is 15.8. The highest BCUT2D eigenvalue weighted by atomic mass is 35.5. The second kappa shape index (κ2) is 10.1. The van der Waals surface area contributed by atoms with Gasteiger partial charge in [0, 0.05) is 13.1 Å². The lowest BCUT2D eigenvalue weighted by Crippen LogP contribution is -2.41. The van der Waals surface area contributed by atoms with Gasteiger partial charge in [-0.15, -0.1) is 6.58 Å². The van der Waals surface area contributed by atoms with Crippen LogP contribution in [0.1, 0.15) is 11.1 Å². The summed E-state index contributed by atoms with van der Waals surface area (Å²) in [5.74, 6) is -0.582. The van der Waals surface area contributed by atoms with Crippen molar-refractivity contribution in [2.45, 2.75) is 17.5 Å². The lowest BCUT2D eigenvalue weighted by Gasteiger charge is -2.21. The van der Waals surface area contributed by atoms with Crippen molar-refractivity contribution in [2.24, 2.45) is 0 Å². The van der Waals surface area contributed by atoms with Crippen molar-refractivity contribution < 1.29 is 26.4 Å². The van der Waals surface area contributed by atoms with Gasteiger partial charge < -0.3 is 5.32 Å². The van der Waals surface area contributed by atoms with Crippen molar-refractivity contribution in [3.8, 4) is 0 Å². The first-order valence-electron chi connectivity index (χ1n) is 8.84. The van der Waals surface area contributed by atoms with Gasteiger partial charge in [0.05, 0.1) is 22.0 Å². The van der Waals surface area contributed by atoms with Crippen LogP contribution in [-0.2, 0) is 27.4 Å². The Balaban J connectivity index is 2.14. The van der Waals surface area contributed by atoms with E-state index in [1.54, 1.807) is 0 Å². The maximum absolute atomic E-state index is 13.1. The molecule has 1 N–H and O–H groups in total. The van der Waals surface area contributed by atoms with Crippen molar-refractivity contribution in [1.82, 2.24) is 9.62 Å². The van der Waals surface area contributed by atoms with Crippen LogP contribution >= 0.6 is 11.6 Å². The average molecular weight is 461 g/mol. The number of alkyl halides is 3. The third-order valence-electron chi connectivity index (χ3n) is 4.11. The molecule has 0 aliphatic rings. The molecule has 0 aliphatic heterocycles. The summed E-state index contributed by atoms with van der Waals surface area (Å²) in [6, 6.07) is 11.6. The summed E-state index contributed by atoms with van der Waals surface area (Å²) in [5.41, 5.74) is -0.273. The predicted octanol–water partition coefficient (Wildman–Crippen LogP) is 3.89. The first kappa shape index (κ1) is 23.9. The third kappa shape index (κ3) is 6.32. The lowest BCUT2D eigenvalue weighted by atomic mass is 10.1. The van der Waals surface area contributed by atoms with Crippen LogP contribution in [0.4, 0.5) is 13.2 Å². The molecule has 10 heteroatoms. The molecule has 0 atom stereocenters. The van der Waals surface area contributed by atoms with E-state index in [0.29, 0.717) is 12.5 Å². The van der Waals surface area contributed by atoms with E-state index in [0.717, 1.165) is 22.0 Å². The van der Waals surface area contributed by atoms with Crippen molar-refractivity contribution in [3.05, 3.63) is 77.3 Å². The normalized spacial score (nSPS) is 12.0. The van der Waals surface area contributed by atoms with E-state index < -0.39 is 44.1 Å². The summed E-state index contributed by atoms with van der Waals surface area (Å²) in [6.07, 6.45) is -3.02. The number of hydrogen-bond donors (Lipinski definition) is 1. The van der Waals surface area contributed by atoms with Crippen molar-refractivity contribution >= 4 is 27.5 Å². The topological polar surface area (TPSA) is 66.5 Å². The summed E-state index contributed by atoms with van der Waals surface area (Å²) in [5, 5.41) is 1.99. The van der Waals surface area contributed by atoms with E-state index in [4.69, 9.17) is 11.6 Å². The van der Waals surface area contributed by atoms with E-state index in [1.807, 2.05) is 30.3 Å². The van der Waals surface area contributed by atoms with E-state index in [-0.39, 0.29) is 13.1 Å². The van der Waals surface area contributed by atoms with Crippen molar-refractivity contribution in [2.75, 3.05) is 19.6 Å². The highest BCUT2D eigenvalue weighted by molar-refractivity contribution is 7.89. The summed E-state index contributed by atoms with van der Waals surface area (Å²) >= 11 is 5.56. The fourth-order valence-corrected chi connectivity index (χ4v) is 4.25. The summed E-state index contributed by atoms with van der Waals surface area (Å²) in [6.45, 7) is 2.92. The van der Waals surface area contributed by atoms with Gasteiger partial charge in [-0.05, 0) is 30.2 Å². The van der Waals surface area contributed by atoms with Gasteiger partial charge in [-0.25, -0.2) is 8.42 Å². The minimum Gasteiger partial charge on any atom is -0.355 e. The van der Waals surface area contributed by atoms with Crippen LogP contribution in [0.15, 0.2) is 66.1 Å². The van der Waals surface area contributed by atoms with Crippen LogP contribution < -0.4 is 5.32 Å². The molecule has 2 aromatic carbocycles. The maximum atomic E-state index is 13.1. The monoisotopic (exact) mass is 460 g/mol. The van der Waals surface area contributed by atoms with Gasteiger partial charge in [0.1, 0.15) is 0 Å². The van der Waals surface area contributed by atoms with E-state index in [2.05, 4.69) is 11.9 Å². The molecule has 2 rings (SSSR count). The Morgan fingerprint density at radius 3 is 2.43 bits per heavy atom. The summed E-state index contributed by atoms with van der Waals surface area (Å²) < 4.78 is 65.7. The molecule has 162 valence electrons. The number of nitrogens with one attached hydrogen (secondary N) is 1. The molecule has 0 fully saturated rings. The number of rotatable bonds is 9. The van der Waals surface area contributed by atoms with Crippen molar-refractivity contribution in [3.63, 3.8) is 0 Å². The minimum absolute atomic E-state index is 0.252. The smallest absolute Gasteiger partial charge is 0.355 e. The number of hydrogen-bond acceptors (Lipinski definition) is 3. The quantitative estimate of drug-likeness (QED) is 0.577. The molecule has 0 saturated carbocycles. The predicted molar refractivity (Wildman–Crippen MR) is 109 cm³/mol. The number of amides is 1. The number of carbonyl (C=O) groups is 1. The number of carbonyl (C=O) groups excluding carboxylic acids is 1. The lowest BCUT2D eigenvalue weighted by molar-refractivity contribution is -0.137. The Morgan fingerprint density at radius 1 is 1.17 bits per heavy atom. The van der Waals surface area contributed by atoms with Crippen LogP contribution in [0.3, 0.4) is 0 Å². The van der Waals surface area contributed by atoms with Gasteiger partial charge in [-0.3, -0.25) is 4.79 Å². The zero-order valence-corrected chi connectivity index (χ0v) is 17.4. The molecule has 5 nitrogen and oxygen atoms in total. The fourth-order valence-electron chi connectivity index (χ4n) is 2.63. The first-order valence-corrected chi connectivity index (χ1v) is 10.7. The van der Waals surface area contributed by atoms with Crippen LogP contribution in [0.25, 0.3) is 0 Å². The van der Waals surface area contributed by atoms with Crippen LogP contribution in [0.2, 0.25) is 5.02 Å².